The lowest BCUT2D eigenvalue weighted by Gasteiger charge is -2.25. The number of carboxylic acid groups (broad SMARTS) is 1. The summed E-state index contributed by atoms with van der Waals surface area (Å²) in [7, 11) is 5.98. The van der Waals surface area contributed by atoms with Crippen LogP contribution < -0.4 is 0 Å². The largest absolute Gasteiger partial charge is 0.477 e. The summed E-state index contributed by atoms with van der Waals surface area (Å²) in [5, 5.41) is 9.74. The summed E-state index contributed by atoms with van der Waals surface area (Å²) in [4.78, 5) is 37.6. The predicted molar refractivity (Wildman–Crippen MR) is 355 cm³/mol. The van der Waals surface area contributed by atoms with Crippen LogP contribution in [0.25, 0.3) is 0 Å². The molecule has 0 heterocycles. The second kappa shape index (κ2) is 64.7. The zero-order valence-corrected chi connectivity index (χ0v) is 55.1. The van der Waals surface area contributed by atoms with Gasteiger partial charge in [-0.3, -0.25) is 9.59 Å². The van der Waals surface area contributed by atoms with Gasteiger partial charge in [0.15, 0.2) is 6.10 Å². The van der Waals surface area contributed by atoms with Gasteiger partial charge in [-0.15, -0.1) is 0 Å². The molecule has 1 N–H and O–H groups in total. The minimum atomic E-state index is -1.51. The number of esters is 2. The third kappa shape index (κ3) is 66.1. The minimum absolute atomic E-state index is 0.182. The van der Waals surface area contributed by atoms with E-state index < -0.39 is 24.3 Å². The van der Waals surface area contributed by atoms with E-state index in [0.29, 0.717) is 17.4 Å². The van der Waals surface area contributed by atoms with Gasteiger partial charge < -0.3 is 28.5 Å². The first-order valence-corrected chi connectivity index (χ1v) is 35.1. The van der Waals surface area contributed by atoms with Crippen molar-refractivity contribution in [3.05, 3.63) is 72.9 Å². The maximum absolute atomic E-state index is 12.9. The van der Waals surface area contributed by atoms with Gasteiger partial charge in [0.1, 0.15) is 13.2 Å². The molecule has 0 amide bonds. The van der Waals surface area contributed by atoms with Gasteiger partial charge in [-0.25, -0.2) is 4.79 Å². The molecule has 0 aromatic carbocycles. The van der Waals surface area contributed by atoms with Crippen molar-refractivity contribution in [1.82, 2.24) is 0 Å². The highest BCUT2D eigenvalue weighted by Crippen LogP contribution is 2.18. The number of unbranched alkanes of at least 4 members (excludes halogenated alkanes) is 38. The van der Waals surface area contributed by atoms with Gasteiger partial charge in [0, 0.05) is 12.8 Å². The summed E-state index contributed by atoms with van der Waals surface area (Å²) in [5.74, 6) is -1.99. The van der Waals surface area contributed by atoms with Gasteiger partial charge in [0.25, 0.3) is 6.29 Å². The van der Waals surface area contributed by atoms with E-state index in [1.54, 1.807) is 0 Å². The molecular formula is C74H134NO8+. The highest BCUT2D eigenvalue weighted by molar-refractivity contribution is 5.71. The zero-order chi connectivity index (χ0) is 60.5. The number of allylic oxidation sites excluding steroid dienone is 12. The molecule has 0 saturated carbocycles. The van der Waals surface area contributed by atoms with Crippen LogP contribution in [-0.4, -0.2) is 87.4 Å². The lowest BCUT2D eigenvalue weighted by Crippen LogP contribution is -2.40. The van der Waals surface area contributed by atoms with Crippen molar-refractivity contribution in [2.75, 3.05) is 47.5 Å². The van der Waals surface area contributed by atoms with Crippen molar-refractivity contribution in [2.24, 2.45) is 0 Å². The smallest absolute Gasteiger partial charge is 0.361 e. The van der Waals surface area contributed by atoms with Crippen LogP contribution in [0.5, 0.6) is 0 Å². The topological polar surface area (TPSA) is 108 Å². The Morgan fingerprint density at radius 3 is 1.02 bits per heavy atom. The quantitative estimate of drug-likeness (QED) is 0.0211. The molecule has 0 bridgehead atoms. The average Bonchev–Trinajstić information content (AvgIpc) is 3.46. The molecule has 0 aromatic rings. The highest BCUT2D eigenvalue weighted by Gasteiger charge is 2.25. The molecule has 9 heteroatoms. The Morgan fingerprint density at radius 1 is 0.373 bits per heavy atom. The van der Waals surface area contributed by atoms with Crippen LogP contribution in [0.2, 0.25) is 0 Å². The molecule has 9 nitrogen and oxygen atoms in total. The number of likely N-dealkylation sites (N-methyl/N-ethyl adjacent to an activating group) is 1. The lowest BCUT2D eigenvalue weighted by atomic mass is 10.0. The van der Waals surface area contributed by atoms with E-state index in [-0.39, 0.29) is 32.2 Å². The molecule has 0 aliphatic carbocycles. The number of carbonyl (C=O) groups excluding carboxylic acids is 2. The maximum Gasteiger partial charge on any atom is 0.361 e. The first-order chi connectivity index (χ1) is 40.6. The minimum Gasteiger partial charge on any atom is -0.477 e. The number of ether oxygens (including phenoxy) is 4. The Morgan fingerprint density at radius 2 is 0.687 bits per heavy atom. The van der Waals surface area contributed by atoms with Crippen LogP contribution in [-0.2, 0) is 33.3 Å². The molecule has 0 saturated heterocycles. The summed E-state index contributed by atoms with van der Waals surface area (Å²) < 4.78 is 23.0. The van der Waals surface area contributed by atoms with E-state index in [2.05, 4.69) is 86.8 Å². The van der Waals surface area contributed by atoms with Gasteiger partial charge in [-0.05, 0) is 83.5 Å². The summed E-state index contributed by atoms with van der Waals surface area (Å²) in [6, 6.07) is 0. The third-order valence-corrected chi connectivity index (χ3v) is 15.4. The van der Waals surface area contributed by atoms with Gasteiger partial charge in [-0.2, -0.15) is 0 Å². The molecule has 2 atom stereocenters. The fourth-order valence-corrected chi connectivity index (χ4v) is 10.1. The fraction of sp³-hybridized carbons (Fsp3) is 0.797. The van der Waals surface area contributed by atoms with Crippen LogP contribution >= 0.6 is 0 Å². The lowest BCUT2D eigenvalue weighted by molar-refractivity contribution is -0.870. The van der Waals surface area contributed by atoms with Crippen molar-refractivity contribution in [3.8, 4) is 0 Å². The number of hydrogen-bond acceptors (Lipinski definition) is 7. The number of hydrogen-bond donors (Lipinski definition) is 1. The molecule has 0 aromatic heterocycles. The number of nitrogens with zero attached hydrogens (tertiary/aromatic N) is 1. The molecule has 2 unspecified atom stereocenters. The molecule has 83 heavy (non-hydrogen) atoms. The number of carbonyl (C=O) groups is 3. The molecule has 0 aliphatic rings. The van der Waals surface area contributed by atoms with E-state index in [1.165, 1.54) is 225 Å². The summed E-state index contributed by atoms with van der Waals surface area (Å²) in [5.41, 5.74) is 0. The Kier molecular flexibility index (Phi) is 62.2. The summed E-state index contributed by atoms with van der Waals surface area (Å²) in [6.07, 6.45) is 83.1. The third-order valence-electron chi connectivity index (χ3n) is 15.4. The number of quaternary nitrogens is 1. The molecule has 482 valence electrons. The van der Waals surface area contributed by atoms with Gasteiger partial charge in [0.05, 0.1) is 34.4 Å². The van der Waals surface area contributed by atoms with E-state index in [0.717, 1.165) is 70.6 Å². The molecule has 0 aliphatic heterocycles. The van der Waals surface area contributed by atoms with E-state index in [4.69, 9.17) is 18.9 Å². The fourth-order valence-electron chi connectivity index (χ4n) is 10.1. The van der Waals surface area contributed by atoms with E-state index >= 15 is 0 Å². The van der Waals surface area contributed by atoms with Crippen LogP contribution in [0, 0.1) is 0 Å². The van der Waals surface area contributed by atoms with Crippen molar-refractivity contribution in [1.29, 1.82) is 0 Å². The van der Waals surface area contributed by atoms with Crippen molar-refractivity contribution >= 4 is 17.9 Å². The second-order valence-corrected chi connectivity index (χ2v) is 24.8. The Labute approximate surface area is 513 Å². The summed E-state index contributed by atoms with van der Waals surface area (Å²) in [6.45, 7) is 4.79. The molecule has 0 fully saturated rings. The molecular weight excluding hydrogens is 1030 g/mol. The van der Waals surface area contributed by atoms with Crippen LogP contribution in [0.15, 0.2) is 72.9 Å². The second-order valence-electron chi connectivity index (χ2n) is 24.8. The van der Waals surface area contributed by atoms with Crippen LogP contribution in [0.1, 0.15) is 322 Å². The zero-order valence-electron chi connectivity index (χ0n) is 55.1. The monoisotopic (exact) mass is 1170 g/mol. The van der Waals surface area contributed by atoms with Crippen molar-refractivity contribution in [2.45, 2.75) is 334 Å². The molecule has 0 rings (SSSR count). The maximum atomic E-state index is 12.9. The highest BCUT2D eigenvalue weighted by atomic mass is 16.7. The normalized spacial score (nSPS) is 13.1. The van der Waals surface area contributed by atoms with Gasteiger partial charge >= 0.3 is 17.9 Å². The predicted octanol–water partition coefficient (Wildman–Crippen LogP) is 21.7. The Bertz CT molecular complexity index is 1590. The average molecular weight is 1170 g/mol. The van der Waals surface area contributed by atoms with Crippen molar-refractivity contribution < 1.29 is 42.9 Å². The van der Waals surface area contributed by atoms with Gasteiger partial charge in [0.2, 0.25) is 0 Å². The van der Waals surface area contributed by atoms with Crippen LogP contribution in [0.4, 0.5) is 0 Å². The standard InChI is InChI=1S/C74H133NO8/c1-6-8-10-12-14-16-18-20-22-24-26-28-29-30-31-32-33-34-35-36-37-38-39-40-41-42-43-45-47-49-51-53-55-57-59-61-63-65-72(77)83-70(69-82-74(73(78)79)80-67-66-75(3,4)5)68-81-71(76)64-62-60-58-56-54-52-50-48-46-44-27-25-23-21-19-17-15-13-11-9-7-2/h8,10,14,16,19-22,25-28,70,74H,6-7,9,11-13,15,17-18,23-24,29-69H2,1-5H3/p+1/b10-8-,16-14-,21-19-,22-20-,27-25-,28-26-. The Balaban J connectivity index is 4.02. The van der Waals surface area contributed by atoms with Crippen LogP contribution in [0.3, 0.4) is 0 Å². The number of rotatable bonds is 65. The SMILES string of the molecule is CC/C=C\C/C=C\C/C=C\C/C=C\CCCCCCCCCCCCCCCCCCCCCCCCCCC(=O)OC(COC(=O)CCCCCCCCCCC/C=C\C/C=C\CCCCCCC)COC(OCC[N+](C)(C)C)C(=O)O. The van der Waals surface area contributed by atoms with E-state index in [9.17, 15) is 19.5 Å². The number of aliphatic carboxylic acids is 1. The van der Waals surface area contributed by atoms with Gasteiger partial charge in [-0.1, -0.05) is 299 Å². The number of carboxylic acids is 1. The summed E-state index contributed by atoms with van der Waals surface area (Å²) >= 11 is 0. The van der Waals surface area contributed by atoms with E-state index in [1.807, 2.05) is 21.1 Å². The molecule has 0 radical (unpaired) electrons. The first-order valence-electron chi connectivity index (χ1n) is 35.1. The van der Waals surface area contributed by atoms with Crippen molar-refractivity contribution in [3.63, 3.8) is 0 Å². The Hall–Kier alpha value is -3.27. The first kappa shape index (κ1) is 79.7. The molecule has 0 spiro atoms.